The fourth-order valence-electron chi connectivity index (χ4n) is 1.04. The van der Waals surface area contributed by atoms with E-state index in [1.165, 1.54) is 7.11 Å². The Labute approximate surface area is 128 Å². The van der Waals surface area contributed by atoms with Crippen LogP contribution in [0.5, 0.6) is 0 Å². The van der Waals surface area contributed by atoms with Gasteiger partial charge in [-0.3, -0.25) is 10.1 Å². The van der Waals surface area contributed by atoms with Gasteiger partial charge in [-0.1, -0.05) is 27.7 Å². The number of thiocarbonyl (C=S) groups is 1. The minimum Gasteiger partial charge on any atom is -0.482 e. The molecule has 19 heavy (non-hydrogen) atoms. The van der Waals surface area contributed by atoms with Gasteiger partial charge in [-0.25, -0.2) is 4.79 Å². The second-order valence-corrected chi connectivity index (χ2v) is 5.75. The van der Waals surface area contributed by atoms with Gasteiger partial charge in [-0.2, -0.15) is 0 Å². The molecule has 0 spiro atoms. The van der Waals surface area contributed by atoms with E-state index in [4.69, 9.17) is 17.0 Å². The molecule has 0 aliphatic rings. The van der Waals surface area contributed by atoms with Gasteiger partial charge in [-0.15, -0.1) is 0 Å². The number of hydrogen-bond acceptors (Lipinski definition) is 5. The predicted molar refractivity (Wildman–Crippen MR) is 83.4 cm³/mol. The fourth-order valence-corrected chi connectivity index (χ4v) is 1.92. The first-order chi connectivity index (χ1) is 9.01. The Morgan fingerprint density at radius 3 is 2.58 bits per heavy atom. The molecule has 1 aromatic rings. The zero-order chi connectivity index (χ0) is 14.3. The van der Waals surface area contributed by atoms with Gasteiger partial charge in [0, 0.05) is 10.2 Å². The molecule has 0 saturated heterocycles. The van der Waals surface area contributed by atoms with E-state index in [0.717, 1.165) is 16.2 Å². The monoisotopic (exact) mass is 362 g/mol. The van der Waals surface area contributed by atoms with E-state index in [-0.39, 0.29) is 10.1 Å². The van der Waals surface area contributed by atoms with Crippen LogP contribution >= 0.6 is 39.9 Å². The van der Waals surface area contributed by atoms with Crippen LogP contribution < -0.4 is 10.6 Å². The highest BCUT2D eigenvalue weighted by Crippen LogP contribution is 2.13. The molecule has 0 aliphatic carbocycles. The molecule has 0 heterocycles. The number of imide groups is 1. The number of thioether (sulfide) groups is 1. The molecule has 102 valence electrons. The Morgan fingerprint density at radius 2 is 2.00 bits per heavy atom. The molecule has 1 rings (SSSR count). The molecule has 5 nitrogen and oxygen atoms in total. The van der Waals surface area contributed by atoms with Gasteiger partial charge in [0.1, 0.15) is 0 Å². The van der Waals surface area contributed by atoms with Crippen molar-refractivity contribution in [3.05, 3.63) is 28.7 Å². The maximum Gasteiger partial charge on any atom is 0.325 e. The van der Waals surface area contributed by atoms with E-state index >= 15 is 0 Å². The second-order valence-electron chi connectivity index (χ2n) is 3.25. The molecule has 0 atom stereocenters. The zero-order valence-corrected chi connectivity index (χ0v) is 13.2. The maximum atomic E-state index is 11.5. The molecule has 0 unspecified atom stereocenters. The average Bonchev–Trinajstić information content (AvgIpc) is 2.38. The van der Waals surface area contributed by atoms with Crippen LogP contribution in [0.1, 0.15) is 0 Å². The summed E-state index contributed by atoms with van der Waals surface area (Å²) in [6.45, 7) is 0. The summed E-state index contributed by atoms with van der Waals surface area (Å²) < 4.78 is 5.88. The number of benzene rings is 1. The first-order valence-electron chi connectivity index (χ1n) is 5.08. The highest BCUT2D eigenvalue weighted by atomic mass is 79.9. The molecule has 8 heteroatoms. The van der Waals surface area contributed by atoms with Crippen LogP contribution in [-0.4, -0.2) is 29.2 Å². The van der Waals surface area contributed by atoms with Gasteiger partial charge in [0.05, 0.1) is 12.9 Å². The molecule has 0 saturated carbocycles. The smallest absolute Gasteiger partial charge is 0.325 e. The minimum absolute atomic E-state index is 0.0282. The Bertz CT molecular complexity index is 479. The lowest BCUT2D eigenvalue weighted by atomic mass is 10.3. The van der Waals surface area contributed by atoms with Gasteiger partial charge < -0.3 is 10.1 Å². The number of nitrogens with one attached hydrogen (secondary N) is 2. The van der Waals surface area contributed by atoms with E-state index in [9.17, 15) is 9.59 Å². The number of carbonyl (C=O) groups excluding carboxylic acids is 2. The molecule has 0 aliphatic heterocycles. The number of ether oxygens (including phenoxy) is 1. The summed E-state index contributed by atoms with van der Waals surface area (Å²) >= 11 is 9.09. The van der Waals surface area contributed by atoms with E-state index in [1.54, 1.807) is 24.3 Å². The van der Waals surface area contributed by atoms with Crippen molar-refractivity contribution in [1.82, 2.24) is 5.32 Å². The fraction of sp³-hybridized carbons (Fsp3) is 0.182. The van der Waals surface area contributed by atoms with Crippen molar-refractivity contribution in [3.8, 4) is 0 Å². The van der Waals surface area contributed by atoms with Gasteiger partial charge in [0.15, 0.2) is 0 Å². The number of methoxy groups -OCH3 is 1. The average molecular weight is 363 g/mol. The van der Waals surface area contributed by atoms with Crippen LogP contribution in [0.25, 0.3) is 0 Å². The molecule has 2 N–H and O–H groups in total. The third-order valence-electron chi connectivity index (χ3n) is 1.84. The summed E-state index contributed by atoms with van der Waals surface area (Å²) in [4.78, 5) is 22.9. The predicted octanol–water partition coefficient (Wildman–Crippen LogP) is 2.76. The SMILES string of the molecule is COC(=S)SCC(=O)NC(=O)Nc1ccc(Br)cc1. The Hall–Kier alpha value is -1.12. The molecule has 0 bridgehead atoms. The molecule has 0 aromatic heterocycles. The number of anilines is 1. The summed E-state index contributed by atoms with van der Waals surface area (Å²) in [5, 5.41) is 4.72. The summed E-state index contributed by atoms with van der Waals surface area (Å²) in [6.07, 6.45) is 0. The molecular formula is C11H11BrN2O3S2. The normalized spacial score (nSPS) is 9.58. The number of amides is 3. The standard InChI is InChI=1S/C11H11BrN2O3S2/c1-17-11(18)19-6-9(15)14-10(16)13-8-4-2-7(12)3-5-8/h2-5H,6H2,1H3,(H2,13,14,15,16). The van der Waals surface area contributed by atoms with Crippen molar-refractivity contribution < 1.29 is 14.3 Å². The molecule has 1 aromatic carbocycles. The number of halogens is 1. The van der Waals surface area contributed by atoms with E-state index < -0.39 is 11.9 Å². The van der Waals surface area contributed by atoms with Crippen molar-refractivity contribution >= 4 is 61.9 Å². The number of carbonyl (C=O) groups is 2. The van der Waals surface area contributed by atoms with Crippen molar-refractivity contribution in [2.45, 2.75) is 0 Å². The van der Waals surface area contributed by atoms with Crippen LogP contribution in [0.3, 0.4) is 0 Å². The lowest BCUT2D eigenvalue weighted by Gasteiger charge is -2.06. The van der Waals surface area contributed by atoms with Gasteiger partial charge in [-0.05, 0) is 36.5 Å². The Balaban J connectivity index is 2.36. The third kappa shape index (κ3) is 6.55. The minimum atomic E-state index is -0.587. The number of hydrogen-bond donors (Lipinski definition) is 2. The van der Waals surface area contributed by atoms with Gasteiger partial charge >= 0.3 is 6.03 Å². The summed E-state index contributed by atoms with van der Waals surface area (Å²) in [5.41, 5.74) is 0.591. The second kappa shape index (κ2) is 8.13. The molecule has 0 fully saturated rings. The highest BCUT2D eigenvalue weighted by molar-refractivity contribution is 9.10. The van der Waals surface area contributed by atoms with E-state index in [0.29, 0.717) is 5.69 Å². The highest BCUT2D eigenvalue weighted by Gasteiger charge is 2.09. The number of rotatable bonds is 3. The van der Waals surface area contributed by atoms with Crippen molar-refractivity contribution in [1.29, 1.82) is 0 Å². The molecule has 0 radical (unpaired) electrons. The summed E-state index contributed by atoms with van der Waals surface area (Å²) in [7, 11) is 1.42. The topological polar surface area (TPSA) is 67.4 Å². The first kappa shape index (κ1) is 15.9. The summed E-state index contributed by atoms with van der Waals surface area (Å²) in [5.74, 6) is -0.417. The van der Waals surface area contributed by atoms with Crippen molar-refractivity contribution in [2.75, 3.05) is 18.2 Å². The summed E-state index contributed by atoms with van der Waals surface area (Å²) in [6, 6.07) is 6.40. The van der Waals surface area contributed by atoms with Crippen molar-refractivity contribution in [2.24, 2.45) is 0 Å². The molecule has 3 amide bonds. The van der Waals surface area contributed by atoms with E-state index in [1.807, 2.05) is 0 Å². The van der Waals surface area contributed by atoms with Crippen LogP contribution in [0.4, 0.5) is 10.5 Å². The van der Waals surface area contributed by atoms with Crippen LogP contribution in [0, 0.1) is 0 Å². The zero-order valence-electron chi connectivity index (χ0n) is 9.94. The van der Waals surface area contributed by atoms with Gasteiger partial charge in [0.2, 0.25) is 10.3 Å². The van der Waals surface area contributed by atoms with Crippen molar-refractivity contribution in [3.63, 3.8) is 0 Å². The van der Waals surface area contributed by atoms with Crippen LogP contribution in [0.2, 0.25) is 0 Å². The lowest BCUT2D eigenvalue weighted by molar-refractivity contribution is -0.117. The van der Waals surface area contributed by atoms with Crippen LogP contribution in [-0.2, 0) is 9.53 Å². The quantitative estimate of drug-likeness (QED) is 0.809. The van der Waals surface area contributed by atoms with Gasteiger partial charge in [0.25, 0.3) is 0 Å². The lowest BCUT2D eigenvalue weighted by Crippen LogP contribution is -2.35. The largest absolute Gasteiger partial charge is 0.482 e. The third-order valence-corrected chi connectivity index (χ3v) is 3.70. The van der Waals surface area contributed by atoms with E-state index in [2.05, 4.69) is 26.6 Å². The van der Waals surface area contributed by atoms with Crippen LogP contribution in [0.15, 0.2) is 28.7 Å². The first-order valence-corrected chi connectivity index (χ1v) is 7.27. The Morgan fingerprint density at radius 1 is 1.37 bits per heavy atom. The molecular weight excluding hydrogens is 352 g/mol. The maximum absolute atomic E-state index is 11.5. The number of urea groups is 1. The Kier molecular flexibility index (Phi) is 6.82.